The van der Waals surface area contributed by atoms with Gasteiger partial charge in [-0.05, 0) is 66.6 Å². The van der Waals surface area contributed by atoms with E-state index < -0.39 is 11.7 Å². The molecule has 5 rings (SSSR count). The largest absolute Gasteiger partial charge is 0.508 e. The Balaban J connectivity index is 1.23. The number of phenolic OH excluding ortho intramolecular Hbond substituents is 1. The number of nitrogens with one attached hydrogen (secondary N) is 2. The van der Waals surface area contributed by atoms with Gasteiger partial charge in [0.1, 0.15) is 11.4 Å². The summed E-state index contributed by atoms with van der Waals surface area (Å²) in [6, 6.07) is 24.8. The van der Waals surface area contributed by atoms with Gasteiger partial charge in [-0.3, -0.25) is 4.79 Å². The predicted octanol–water partition coefficient (Wildman–Crippen LogP) is 5.65. The summed E-state index contributed by atoms with van der Waals surface area (Å²) in [6.07, 6.45) is 2.55. The molecule has 1 amide bonds. The number of nitrogens with zero attached hydrogens (tertiary/aromatic N) is 4. The van der Waals surface area contributed by atoms with E-state index in [1.54, 1.807) is 30.3 Å². The molecule has 0 aliphatic heterocycles. The number of hydrogen-bond donors (Lipinski definition) is 4. The van der Waals surface area contributed by atoms with E-state index in [-0.39, 0.29) is 17.4 Å². The molecule has 40 heavy (non-hydrogen) atoms. The van der Waals surface area contributed by atoms with E-state index in [2.05, 4.69) is 30.8 Å². The highest BCUT2D eigenvalue weighted by atomic mass is 19.1. The summed E-state index contributed by atoms with van der Waals surface area (Å²) in [7, 11) is 0. The number of benzene rings is 3. The Bertz CT molecular complexity index is 1710. The van der Waals surface area contributed by atoms with Crippen LogP contribution in [0.1, 0.15) is 21.7 Å². The van der Waals surface area contributed by atoms with Gasteiger partial charge in [-0.25, -0.2) is 24.8 Å². The quantitative estimate of drug-likeness (QED) is 0.149. The van der Waals surface area contributed by atoms with Crippen LogP contribution >= 0.6 is 0 Å². The van der Waals surface area contributed by atoms with Crippen LogP contribution < -0.4 is 16.5 Å². The Hall–Kier alpha value is -5.64. The van der Waals surface area contributed by atoms with Crippen molar-refractivity contribution in [2.45, 2.75) is 6.92 Å². The van der Waals surface area contributed by atoms with Gasteiger partial charge in [0.25, 0.3) is 0 Å². The number of carbonyl (C=O) groups excluding carboxylic acids is 1. The second-order valence-electron chi connectivity index (χ2n) is 8.82. The van der Waals surface area contributed by atoms with Crippen molar-refractivity contribution in [2.75, 3.05) is 10.7 Å². The van der Waals surface area contributed by atoms with Gasteiger partial charge in [0.15, 0.2) is 5.82 Å². The molecule has 0 fully saturated rings. The fourth-order valence-electron chi connectivity index (χ4n) is 3.94. The van der Waals surface area contributed by atoms with Gasteiger partial charge < -0.3 is 16.2 Å². The van der Waals surface area contributed by atoms with Gasteiger partial charge in [0.05, 0.1) is 29.5 Å². The van der Waals surface area contributed by atoms with Crippen molar-refractivity contribution in [1.29, 1.82) is 0 Å². The maximum absolute atomic E-state index is 14.3. The Morgan fingerprint density at radius 1 is 0.950 bits per heavy atom. The lowest BCUT2D eigenvalue weighted by Gasteiger charge is -2.10. The highest BCUT2D eigenvalue weighted by Crippen LogP contribution is 2.26. The van der Waals surface area contributed by atoms with Crippen LogP contribution in [0.25, 0.3) is 22.4 Å². The number of nitrogens with two attached hydrogens (primary N) is 1. The first-order valence-electron chi connectivity index (χ1n) is 12.2. The first kappa shape index (κ1) is 26.0. The standard InChI is InChI=1S/C30H24FN7O2/c1-18-27(36-23-11-9-19(10-12-23)22-3-2-4-25(39)15-22)14-13-24(35-18)16-34-38-30-33-17-26(31)28(37-30)20-5-7-21(8-6-20)29(32)40/h2-17,36,39H,1H3,(H2,32,40)(H,33,37,38)/b34-16+. The Morgan fingerprint density at radius 2 is 1.70 bits per heavy atom. The molecule has 9 nitrogen and oxygen atoms in total. The molecule has 0 bridgehead atoms. The molecule has 5 aromatic rings. The second-order valence-corrected chi connectivity index (χ2v) is 8.82. The molecule has 2 heterocycles. The topological polar surface area (TPSA) is 138 Å². The number of amides is 1. The van der Waals surface area contributed by atoms with E-state index in [9.17, 15) is 14.3 Å². The number of primary amides is 1. The van der Waals surface area contributed by atoms with Gasteiger partial charge >= 0.3 is 0 Å². The molecule has 10 heteroatoms. The summed E-state index contributed by atoms with van der Waals surface area (Å²) in [5.74, 6) is -0.866. The summed E-state index contributed by atoms with van der Waals surface area (Å²) < 4.78 is 14.3. The number of pyridine rings is 1. The van der Waals surface area contributed by atoms with Crippen molar-refractivity contribution in [3.63, 3.8) is 0 Å². The summed E-state index contributed by atoms with van der Waals surface area (Å²) >= 11 is 0. The van der Waals surface area contributed by atoms with E-state index in [0.29, 0.717) is 16.8 Å². The molecule has 3 aromatic carbocycles. The van der Waals surface area contributed by atoms with Crippen LogP contribution in [0, 0.1) is 12.7 Å². The van der Waals surface area contributed by atoms with Gasteiger partial charge in [-0.15, -0.1) is 0 Å². The molecule has 0 radical (unpaired) electrons. The van der Waals surface area contributed by atoms with Crippen LogP contribution in [0.4, 0.5) is 21.7 Å². The van der Waals surface area contributed by atoms with E-state index in [1.807, 2.05) is 49.4 Å². The first-order valence-corrected chi connectivity index (χ1v) is 12.2. The highest BCUT2D eigenvalue weighted by molar-refractivity contribution is 5.93. The fourth-order valence-corrected chi connectivity index (χ4v) is 3.94. The number of carbonyl (C=O) groups is 1. The zero-order valence-corrected chi connectivity index (χ0v) is 21.3. The normalized spacial score (nSPS) is 10.9. The number of hydrazone groups is 1. The summed E-state index contributed by atoms with van der Waals surface area (Å²) in [5.41, 5.74) is 13.8. The van der Waals surface area contributed by atoms with Crippen molar-refractivity contribution in [1.82, 2.24) is 15.0 Å². The monoisotopic (exact) mass is 533 g/mol. The SMILES string of the molecule is Cc1nc(/C=N/Nc2ncc(F)c(-c3ccc(C(N)=O)cc3)n2)ccc1Nc1ccc(-c2cccc(O)c2)cc1. The molecule has 2 aromatic heterocycles. The first-order chi connectivity index (χ1) is 19.4. The van der Waals surface area contributed by atoms with Crippen molar-refractivity contribution in [3.8, 4) is 28.1 Å². The average molecular weight is 534 g/mol. The lowest BCUT2D eigenvalue weighted by Crippen LogP contribution is -2.10. The zero-order chi connectivity index (χ0) is 28.1. The lowest BCUT2D eigenvalue weighted by atomic mass is 10.1. The molecule has 0 aliphatic rings. The number of rotatable bonds is 8. The molecule has 0 spiro atoms. The Labute approximate surface area is 229 Å². The van der Waals surface area contributed by atoms with Crippen LogP contribution in [-0.4, -0.2) is 32.2 Å². The summed E-state index contributed by atoms with van der Waals surface area (Å²) in [5, 5.41) is 17.2. The maximum atomic E-state index is 14.3. The van der Waals surface area contributed by atoms with Gasteiger partial charge in [0.2, 0.25) is 11.9 Å². The van der Waals surface area contributed by atoms with Gasteiger partial charge in [-0.1, -0.05) is 36.4 Å². The molecular weight excluding hydrogens is 509 g/mol. The van der Waals surface area contributed by atoms with Crippen molar-refractivity contribution < 1.29 is 14.3 Å². The van der Waals surface area contributed by atoms with Crippen LogP contribution in [-0.2, 0) is 0 Å². The number of aromatic hydroxyl groups is 1. The number of phenols is 1. The van der Waals surface area contributed by atoms with Crippen molar-refractivity contribution in [2.24, 2.45) is 10.8 Å². The van der Waals surface area contributed by atoms with E-state index in [0.717, 1.165) is 34.4 Å². The second kappa shape index (κ2) is 11.4. The number of hydrogen-bond acceptors (Lipinski definition) is 8. The third-order valence-electron chi connectivity index (χ3n) is 6.00. The minimum absolute atomic E-state index is 0.0584. The van der Waals surface area contributed by atoms with Crippen LogP contribution in [0.3, 0.4) is 0 Å². The third kappa shape index (κ3) is 6.08. The predicted molar refractivity (Wildman–Crippen MR) is 153 cm³/mol. The van der Waals surface area contributed by atoms with Gasteiger partial charge in [-0.2, -0.15) is 5.10 Å². The Morgan fingerprint density at radius 3 is 2.40 bits per heavy atom. The van der Waals surface area contributed by atoms with Gasteiger partial charge in [0, 0.05) is 16.8 Å². The molecule has 0 aliphatic carbocycles. The van der Waals surface area contributed by atoms with E-state index in [4.69, 9.17) is 5.73 Å². The maximum Gasteiger partial charge on any atom is 0.248 e. The summed E-state index contributed by atoms with van der Waals surface area (Å²) in [6.45, 7) is 1.88. The molecule has 0 unspecified atom stereocenters. The molecule has 0 saturated carbocycles. The van der Waals surface area contributed by atoms with Crippen LogP contribution in [0.5, 0.6) is 5.75 Å². The average Bonchev–Trinajstić information content (AvgIpc) is 2.96. The number of aryl methyl sites for hydroxylation is 1. The zero-order valence-electron chi connectivity index (χ0n) is 21.3. The highest BCUT2D eigenvalue weighted by Gasteiger charge is 2.10. The summed E-state index contributed by atoms with van der Waals surface area (Å²) in [4.78, 5) is 23.9. The van der Waals surface area contributed by atoms with E-state index in [1.165, 1.54) is 18.3 Å². The number of anilines is 3. The molecular formula is C30H24FN7O2. The minimum atomic E-state index is -0.615. The van der Waals surface area contributed by atoms with Crippen molar-refractivity contribution in [3.05, 3.63) is 114 Å². The lowest BCUT2D eigenvalue weighted by molar-refractivity contribution is 0.100. The minimum Gasteiger partial charge on any atom is -0.508 e. The number of halogens is 1. The Kier molecular flexibility index (Phi) is 7.41. The van der Waals surface area contributed by atoms with Crippen molar-refractivity contribution >= 4 is 29.4 Å². The molecule has 0 atom stereocenters. The number of aromatic nitrogens is 3. The smallest absolute Gasteiger partial charge is 0.248 e. The van der Waals surface area contributed by atoms with Crippen LogP contribution in [0.15, 0.2) is 96.2 Å². The third-order valence-corrected chi connectivity index (χ3v) is 6.00. The molecule has 198 valence electrons. The molecule has 5 N–H and O–H groups in total. The fraction of sp³-hybridized carbons (Fsp3) is 0.0333. The van der Waals surface area contributed by atoms with Crippen LogP contribution in [0.2, 0.25) is 0 Å². The molecule has 0 saturated heterocycles. The van der Waals surface area contributed by atoms with E-state index >= 15 is 0 Å².